The summed E-state index contributed by atoms with van der Waals surface area (Å²) in [4.78, 5) is 11.0. The molecule has 2 aromatic heterocycles. The highest BCUT2D eigenvalue weighted by molar-refractivity contribution is 6.08. The molecule has 0 atom stereocenters. The molecule has 5 aromatic rings. The summed E-state index contributed by atoms with van der Waals surface area (Å²) in [6.45, 7) is 3.49. The third kappa shape index (κ3) is 5.44. The molecule has 2 heterocycles. The van der Waals surface area contributed by atoms with Crippen LogP contribution in [0.1, 0.15) is 23.2 Å². The summed E-state index contributed by atoms with van der Waals surface area (Å²) in [6.07, 6.45) is 4.15. The van der Waals surface area contributed by atoms with Crippen molar-refractivity contribution in [2.75, 3.05) is 6.61 Å². The van der Waals surface area contributed by atoms with Gasteiger partial charge in [0.2, 0.25) is 5.69 Å². The van der Waals surface area contributed by atoms with Crippen LogP contribution in [0.25, 0.3) is 21.8 Å². The third-order valence-corrected chi connectivity index (χ3v) is 6.52. The zero-order valence-electron chi connectivity index (χ0n) is 20.2. The number of benzene rings is 3. The summed E-state index contributed by atoms with van der Waals surface area (Å²) in [5, 5.41) is 11.4. The van der Waals surface area contributed by atoms with Gasteiger partial charge in [0.1, 0.15) is 11.3 Å². The predicted octanol–water partition coefficient (Wildman–Crippen LogP) is 2.54. The molecule has 0 aliphatic rings. The van der Waals surface area contributed by atoms with Crippen molar-refractivity contribution in [3.8, 4) is 5.75 Å². The van der Waals surface area contributed by atoms with E-state index in [0.29, 0.717) is 5.75 Å². The molecule has 184 valence electrons. The number of nitrogens with zero attached hydrogens (tertiary/aromatic N) is 2. The van der Waals surface area contributed by atoms with E-state index in [-0.39, 0.29) is 23.6 Å². The van der Waals surface area contributed by atoms with Gasteiger partial charge in [0.15, 0.2) is 19.3 Å². The van der Waals surface area contributed by atoms with Crippen LogP contribution >= 0.6 is 0 Å². The van der Waals surface area contributed by atoms with Gasteiger partial charge >= 0.3 is 5.97 Å². The number of aliphatic carboxylic acids is 1. The second kappa shape index (κ2) is 11.4. The zero-order chi connectivity index (χ0) is 24.2. The molecule has 0 aliphatic carbocycles. The van der Waals surface area contributed by atoms with E-state index in [0.717, 1.165) is 36.8 Å². The summed E-state index contributed by atoms with van der Waals surface area (Å²) < 4.78 is 10.2. The highest BCUT2D eigenvalue weighted by Crippen LogP contribution is 2.33. The van der Waals surface area contributed by atoms with Gasteiger partial charge in [-0.3, -0.25) is 0 Å². The Hall–Kier alpha value is -3.64. The Morgan fingerprint density at radius 2 is 1.61 bits per heavy atom. The van der Waals surface area contributed by atoms with Gasteiger partial charge in [-0.15, -0.1) is 0 Å². The number of carboxylic acid groups (broad SMARTS) is 1. The first kappa shape index (κ1) is 25.5. The quantitative estimate of drug-likeness (QED) is 0.290. The highest BCUT2D eigenvalue weighted by Gasteiger charge is 2.20. The van der Waals surface area contributed by atoms with Crippen LogP contribution in [0.4, 0.5) is 0 Å². The molecule has 1 N–H and O–H groups in total. The lowest BCUT2D eigenvalue weighted by Gasteiger charge is -2.10. The average Bonchev–Trinajstić information content (AvgIpc) is 3.19. The number of aryl methyl sites for hydroxylation is 3. The van der Waals surface area contributed by atoms with Crippen LogP contribution < -0.4 is 26.3 Å². The molecular formula is C30H29BrN2O3. The normalized spacial score (nSPS) is 10.9. The fourth-order valence-electron chi connectivity index (χ4n) is 4.83. The van der Waals surface area contributed by atoms with E-state index in [2.05, 4.69) is 76.9 Å². The number of pyridine rings is 1. The zero-order valence-corrected chi connectivity index (χ0v) is 21.8. The maximum Gasteiger partial charge on any atom is 0.341 e. The van der Waals surface area contributed by atoms with Crippen LogP contribution in [-0.4, -0.2) is 22.2 Å². The van der Waals surface area contributed by atoms with E-state index in [1.807, 2.05) is 30.3 Å². The molecule has 0 radical (unpaired) electrons. The molecule has 0 spiro atoms. The van der Waals surface area contributed by atoms with E-state index in [1.165, 1.54) is 27.7 Å². The number of aromatic nitrogens is 2. The lowest BCUT2D eigenvalue weighted by molar-refractivity contribution is -0.693. The Morgan fingerprint density at radius 1 is 0.917 bits per heavy atom. The molecule has 36 heavy (non-hydrogen) atoms. The van der Waals surface area contributed by atoms with Crippen LogP contribution in [0.5, 0.6) is 5.75 Å². The van der Waals surface area contributed by atoms with E-state index in [9.17, 15) is 4.79 Å². The Morgan fingerprint density at radius 3 is 2.31 bits per heavy atom. The van der Waals surface area contributed by atoms with E-state index >= 15 is 0 Å². The Balaban J connectivity index is 0.00000304. The van der Waals surface area contributed by atoms with Gasteiger partial charge in [-0.05, 0) is 30.5 Å². The van der Waals surface area contributed by atoms with Gasteiger partial charge in [0.05, 0.1) is 5.52 Å². The molecule has 5 nitrogen and oxygen atoms in total. The van der Waals surface area contributed by atoms with E-state index < -0.39 is 5.97 Å². The fraction of sp³-hybridized carbons (Fsp3) is 0.200. The minimum atomic E-state index is -0.980. The summed E-state index contributed by atoms with van der Waals surface area (Å²) >= 11 is 0. The number of carbonyl (C=O) groups is 1. The van der Waals surface area contributed by atoms with Crippen molar-refractivity contribution < 1.29 is 36.2 Å². The summed E-state index contributed by atoms with van der Waals surface area (Å²) in [6, 6.07) is 29.1. The Kier molecular flexibility index (Phi) is 8.06. The fourth-order valence-corrected chi connectivity index (χ4v) is 4.83. The Bertz CT molecular complexity index is 1480. The largest absolute Gasteiger partial charge is 1.00 e. The van der Waals surface area contributed by atoms with Crippen LogP contribution in [-0.2, 0) is 24.3 Å². The van der Waals surface area contributed by atoms with Crippen LogP contribution in [0.15, 0.2) is 91.1 Å². The first-order chi connectivity index (χ1) is 17.1. The molecular weight excluding hydrogens is 516 g/mol. The second-order valence-electron chi connectivity index (χ2n) is 8.88. The smallest absolute Gasteiger partial charge is 0.341 e. The van der Waals surface area contributed by atoms with E-state index in [1.54, 1.807) is 0 Å². The SMILES string of the molecule is Cc1c2c(cc[n+]1Cc1ccccc1)c1ccc(OCC(=O)O)cc1n2CCCc1ccccc1.[Br-]. The topological polar surface area (TPSA) is 55.3 Å². The van der Waals surface area contributed by atoms with Crippen molar-refractivity contribution in [3.05, 3.63) is 108 Å². The number of ether oxygens (including phenoxy) is 1. The van der Waals surface area contributed by atoms with Gasteiger partial charge in [-0.1, -0.05) is 60.7 Å². The minimum absolute atomic E-state index is 0. The van der Waals surface area contributed by atoms with Gasteiger partial charge in [0, 0.05) is 41.9 Å². The molecule has 0 bridgehead atoms. The first-order valence-electron chi connectivity index (χ1n) is 12.0. The minimum Gasteiger partial charge on any atom is -1.00 e. The number of rotatable bonds is 9. The van der Waals surface area contributed by atoms with Crippen molar-refractivity contribution in [1.82, 2.24) is 4.57 Å². The average molecular weight is 545 g/mol. The summed E-state index contributed by atoms with van der Waals surface area (Å²) in [5.74, 6) is -0.409. The number of halogens is 1. The molecule has 0 fully saturated rings. The molecule has 6 heteroatoms. The van der Waals surface area contributed by atoms with Crippen LogP contribution in [0.2, 0.25) is 0 Å². The second-order valence-corrected chi connectivity index (χ2v) is 8.88. The molecule has 0 saturated carbocycles. The van der Waals surface area contributed by atoms with Gasteiger partial charge in [-0.25, -0.2) is 4.79 Å². The molecule has 0 unspecified atom stereocenters. The van der Waals surface area contributed by atoms with Crippen molar-refractivity contribution >= 4 is 27.8 Å². The lowest BCUT2D eigenvalue weighted by Crippen LogP contribution is -3.00. The number of hydrogen-bond donors (Lipinski definition) is 1. The van der Waals surface area contributed by atoms with E-state index in [4.69, 9.17) is 9.84 Å². The standard InChI is InChI=1S/C30H28N2O3.BrH/c1-22-30-27(16-18-31(22)20-24-11-6-3-7-12-24)26-15-14-25(35-21-29(33)34)19-28(26)32(30)17-8-13-23-9-4-2-5-10-23;/h2-7,9-12,14-16,18-19H,8,13,17,20-21H2,1H3;1H. The van der Waals surface area contributed by atoms with Crippen molar-refractivity contribution in [2.45, 2.75) is 32.9 Å². The van der Waals surface area contributed by atoms with Crippen molar-refractivity contribution in [2.24, 2.45) is 0 Å². The van der Waals surface area contributed by atoms with Crippen LogP contribution in [0, 0.1) is 6.92 Å². The number of hydrogen-bond acceptors (Lipinski definition) is 2. The van der Waals surface area contributed by atoms with Gasteiger partial charge in [0.25, 0.3) is 0 Å². The molecule has 5 rings (SSSR count). The maximum atomic E-state index is 11.0. The van der Waals surface area contributed by atoms with Crippen LogP contribution in [0.3, 0.4) is 0 Å². The Labute approximate surface area is 221 Å². The number of carboxylic acids is 1. The van der Waals surface area contributed by atoms with Gasteiger partial charge in [-0.2, -0.15) is 4.57 Å². The molecule has 0 saturated heterocycles. The summed E-state index contributed by atoms with van der Waals surface area (Å²) in [7, 11) is 0. The molecule has 3 aromatic carbocycles. The highest BCUT2D eigenvalue weighted by atomic mass is 79.9. The molecule has 0 amide bonds. The lowest BCUT2D eigenvalue weighted by atomic mass is 10.1. The monoisotopic (exact) mass is 544 g/mol. The molecule has 0 aliphatic heterocycles. The van der Waals surface area contributed by atoms with Crippen molar-refractivity contribution in [3.63, 3.8) is 0 Å². The number of fused-ring (bicyclic) bond motifs is 3. The predicted molar refractivity (Wildman–Crippen MR) is 138 cm³/mol. The first-order valence-corrected chi connectivity index (χ1v) is 12.0. The third-order valence-electron chi connectivity index (χ3n) is 6.52. The van der Waals surface area contributed by atoms with Crippen molar-refractivity contribution in [1.29, 1.82) is 0 Å². The summed E-state index contributed by atoms with van der Waals surface area (Å²) in [5.41, 5.74) is 6.07. The van der Waals surface area contributed by atoms with Gasteiger partial charge < -0.3 is 31.4 Å². The maximum absolute atomic E-state index is 11.0.